The van der Waals surface area contributed by atoms with Crippen molar-refractivity contribution in [1.29, 1.82) is 0 Å². The number of hydrogen-bond donors (Lipinski definition) is 3. The quantitative estimate of drug-likeness (QED) is 0.714. The molecule has 3 heterocycles. The lowest BCUT2D eigenvalue weighted by molar-refractivity contribution is 0.0925. The van der Waals surface area contributed by atoms with Crippen molar-refractivity contribution in [2.75, 3.05) is 11.9 Å². The number of nitrogens with zero attached hydrogens (tertiary/aromatic N) is 1. The van der Waals surface area contributed by atoms with E-state index in [0.717, 1.165) is 19.4 Å². The van der Waals surface area contributed by atoms with Gasteiger partial charge in [-0.2, -0.15) is 0 Å². The molecule has 0 radical (unpaired) electrons. The van der Waals surface area contributed by atoms with Crippen molar-refractivity contribution >= 4 is 53.7 Å². The predicted molar refractivity (Wildman–Crippen MR) is 109 cm³/mol. The first-order valence-electron chi connectivity index (χ1n) is 7.98. The van der Waals surface area contributed by atoms with E-state index < -0.39 is 0 Å². The highest BCUT2D eigenvalue weighted by atomic mass is 35.5. The van der Waals surface area contributed by atoms with Gasteiger partial charge < -0.3 is 16.0 Å². The Morgan fingerprint density at radius 1 is 1.19 bits per heavy atom. The van der Waals surface area contributed by atoms with Crippen LogP contribution in [0.5, 0.6) is 0 Å². The molecule has 0 aromatic carbocycles. The number of carbonyl (C=O) groups is 2. The molecule has 9 heteroatoms. The zero-order valence-electron chi connectivity index (χ0n) is 14.2. The molecule has 2 amide bonds. The van der Waals surface area contributed by atoms with E-state index in [1.165, 1.54) is 11.3 Å². The van der Waals surface area contributed by atoms with Crippen LogP contribution in [0.4, 0.5) is 5.69 Å². The molecule has 3 rings (SSSR count). The number of aromatic nitrogens is 1. The number of piperidine rings is 1. The Morgan fingerprint density at radius 2 is 1.92 bits per heavy atom. The SMILES string of the molecule is CC1NCCCC1NC(=O)c1sccc1NC(=O)c1ccncc1.Cl.Cl. The van der Waals surface area contributed by atoms with Gasteiger partial charge in [-0.1, -0.05) is 0 Å². The van der Waals surface area contributed by atoms with Crippen LogP contribution in [0.2, 0.25) is 0 Å². The average molecular weight is 417 g/mol. The molecule has 2 unspecified atom stereocenters. The van der Waals surface area contributed by atoms with Gasteiger partial charge in [0, 0.05) is 30.0 Å². The summed E-state index contributed by atoms with van der Waals surface area (Å²) in [5, 5.41) is 11.0. The summed E-state index contributed by atoms with van der Waals surface area (Å²) in [6, 6.07) is 5.38. The molecule has 0 aliphatic carbocycles. The molecule has 0 saturated carbocycles. The summed E-state index contributed by atoms with van der Waals surface area (Å²) in [5.41, 5.74) is 1.04. The maximum Gasteiger partial charge on any atom is 0.263 e. The van der Waals surface area contributed by atoms with Gasteiger partial charge in [0.25, 0.3) is 11.8 Å². The topological polar surface area (TPSA) is 83.1 Å². The van der Waals surface area contributed by atoms with Crippen molar-refractivity contribution in [3.05, 3.63) is 46.4 Å². The minimum absolute atomic E-state index is 0. The van der Waals surface area contributed by atoms with Crippen molar-refractivity contribution < 1.29 is 9.59 Å². The Labute approximate surface area is 169 Å². The van der Waals surface area contributed by atoms with E-state index in [1.54, 1.807) is 36.0 Å². The van der Waals surface area contributed by atoms with E-state index >= 15 is 0 Å². The first kappa shape index (κ1) is 22.4. The molecule has 0 bridgehead atoms. The Morgan fingerprint density at radius 3 is 2.62 bits per heavy atom. The third-order valence-electron chi connectivity index (χ3n) is 4.14. The fraction of sp³-hybridized carbons (Fsp3) is 0.353. The van der Waals surface area contributed by atoms with E-state index in [4.69, 9.17) is 0 Å². The molecular weight excluding hydrogens is 395 g/mol. The third-order valence-corrected chi connectivity index (χ3v) is 5.05. The fourth-order valence-corrected chi connectivity index (χ4v) is 3.51. The molecule has 142 valence electrons. The molecule has 1 aliphatic rings. The normalized spacial score (nSPS) is 18.8. The Bertz CT molecular complexity index is 727. The molecule has 3 N–H and O–H groups in total. The summed E-state index contributed by atoms with van der Waals surface area (Å²) in [4.78, 5) is 29.2. The average Bonchev–Trinajstić information content (AvgIpc) is 3.06. The van der Waals surface area contributed by atoms with Crippen molar-refractivity contribution in [3.8, 4) is 0 Å². The van der Waals surface area contributed by atoms with Crippen molar-refractivity contribution in [3.63, 3.8) is 0 Å². The summed E-state index contributed by atoms with van der Waals surface area (Å²) < 4.78 is 0. The van der Waals surface area contributed by atoms with Crippen LogP contribution in [-0.4, -0.2) is 35.4 Å². The lowest BCUT2D eigenvalue weighted by Gasteiger charge is -2.30. The van der Waals surface area contributed by atoms with E-state index in [-0.39, 0.29) is 48.7 Å². The maximum atomic E-state index is 12.6. The number of nitrogens with one attached hydrogen (secondary N) is 3. The van der Waals surface area contributed by atoms with Crippen LogP contribution in [0.15, 0.2) is 36.0 Å². The van der Waals surface area contributed by atoms with Gasteiger partial charge in [0.15, 0.2) is 0 Å². The Hall–Kier alpha value is -1.67. The third kappa shape index (κ3) is 5.41. The second kappa shape index (κ2) is 10.5. The minimum atomic E-state index is -0.252. The number of carbonyl (C=O) groups excluding carboxylic acids is 2. The number of rotatable bonds is 4. The molecule has 2 aromatic rings. The second-order valence-electron chi connectivity index (χ2n) is 5.82. The predicted octanol–water partition coefficient (Wildman–Crippen LogP) is 3.11. The monoisotopic (exact) mass is 416 g/mol. The largest absolute Gasteiger partial charge is 0.347 e. The number of pyridine rings is 1. The fourth-order valence-electron chi connectivity index (χ4n) is 2.76. The molecule has 2 atom stereocenters. The van der Waals surface area contributed by atoms with Gasteiger partial charge in [0.05, 0.1) is 5.69 Å². The summed E-state index contributed by atoms with van der Waals surface area (Å²) in [6.45, 7) is 3.06. The molecule has 1 saturated heterocycles. The summed E-state index contributed by atoms with van der Waals surface area (Å²) in [7, 11) is 0. The van der Waals surface area contributed by atoms with Gasteiger partial charge in [-0.3, -0.25) is 14.6 Å². The highest BCUT2D eigenvalue weighted by Gasteiger charge is 2.24. The maximum absolute atomic E-state index is 12.6. The first-order valence-corrected chi connectivity index (χ1v) is 8.86. The van der Waals surface area contributed by atoms with Crippen LogP contribution in [0.3, 0.4) is 0 Å². The Kier molecular flexibility index (Phi) is 9.01. The lowest BCUT2D eigenvalue weighted by Crippen LogP contribution is -2.51. The molecule has 1 aliphatic heterocycles. The van der Waals surface area contributed by atoms with Crippen LogP contribution >= 0.6 is 36.2 Å². The molecule has 0 spiro atoms. The number of hydrogen-bond acceptors (Lipinski definition) is 5. The van der Waals surface area contributed by atoms with Crippen molar-refractivity contribution in [1.82, 2.24) is 15.6 Å². The van der Waals surface area contributed by atoms with Gasteiger partial charge in [0.2, 0.25) is 0 Å². The first-order chi connectivity index (χ1) is 11.6. The molecule has 2 aromatic heterocycles. The van der Waals surface area contributed by atoms with Crippen LogP contribution in [0.1, 0.15) is 39.8 Å². The molecule has 6 nitrogen and oxygen atoms in total. The number of halogens is 2. The lowest BCUT2D eigenvalue weighted by atomic mass is 10.00. The number of amides is 2. The zero-order chi connectivity index (χ0) is 16.9. The van der Waals surface area contributed by atoms with Crippen LogP contribution < -0.4 is 16.0 Å². The van der Waals surface area contributed by atoms with Gasteiger partial charge in [0.1, 0.15) is 4.88 Å². The van der Waals surface area contributed by atoms with Crippen LogP contribution in [-0.2, 0) is 0 Å². The minimum Gasteiger partial charge on any atom is -0.347 e. The van der Waals surface area contributed by atoms with Gasteiger partial charge in [-0.05, 0) is 49.9 Å². The van der Waals surface area contributed by atoms with Gasteiger partial charge in [-0.15, -0.1) is 36.2 Å². The number of thiophene rings is 1. The van der Waals surface area contributed by atoms with Crippen molar-refractivity contribution in [2.24, 2.45) is 0 Å². The molecule has 26 heavy (non-hydrogen) atoms. The summed E-state index contributed by atoms with van der Waals surface area (Å²) in [6.07, 6.45) is 5.14. The summed E-state index contributed by atoms with van der Waals surface area (Å²) in [5.74, 6) is -0.395. The van der Waals surface area contributed by atoms with Crippen molar-refractivity contribution in [2.45, 2.75) is 31.8 Å². The van der Waals surface area contributed by atoms with Crippen LogP contribution in [0.25, 0.3) is 0 Å². The van der Waals surface area contributed by atoms with E-state index in [1.807, 2.05) is 0 Å². The van der Waals surface area contributed by atoms with Gasteiger partial charge >= 0.3 is 0 Å². The van der Waals surface area contributed by atoms with E-state index in [0.29, 0.717) is 16.1 Å². The summed E-state index contributed by atoms with van der Waals surface area (Å²) >= 11 is 1.33. The molecule has 1 fully saturated rings. The molecular formula is C17H22Cl2N4O2S. The number of anilines is 1. The van der Waals surface area contributed by atoms with Crippen LogP contribution in [0, 0.1) is 0 Å². The standard InChI is InChI=1S/C17H20N4O2S.2ClH/c1-11-13(3-2-7-19-11)20-17(23)15-14(6-10-24-15)21-16(22)12-4-8-18-9-5-12;;/h4-6,8-11,13,19H,2-3,7H2,1H3,(H,20,23)(H,21,22);2*1H. The smallest absolute Gasteiger partial charge is 0.263 e. The Balaban J connectivity index is 0.00000169. The van der Waals surface area contributed by atoms with E-state index in [2.05, 4.69) is 27.9 Å². The van der Waals surface area contributed by atoms with Gasteiger partial charge in [-0.25, -0.2) is 0 Å². The zero-order valence-corrected chi connectivity index (χ0v) is 16.7. The highest BCUT2D eigenvalue weighted by Crippen LogP contribution is 2.23. The van der Waals surface area contributed by atoms with E-state index in [9.17, 15) is 9.59 Å². The highest BCUT2D eigenvalue weighted by molar-refractivity contribution is 7.12. The second-order valence-corrected chi connectivity index (χ2v) is 6.73.